The van der Waals surface area contributed by atoms with Crippen LogP contribution in [0.5, 0.6) is 0 Å². The monoisotopic (exact) mass is 342 g/mol. The van der Waals surface area contributed by atoms with E-state index < -0.39 is 0 Å². The average Bonchev–Trinajstić information content (AvgIpc) is 2.91. The highest BCUT2D eigenvalue weighted by Gasteiger charge is 2.24. The Balaban J connectivity index is 1.39. The van der Waals surface area contributed by atoms with Gasteiger partial charge in [-0.05, 0) is 31.9 Å². The second-order valence-corrected chi connectivity index (χ2v) is 6.86. The molecular formula is C18H26N6O. The number of ether oxygens (including phenoxy) is 1. The first-order valence-corrected chi connectivity index (χ1v) is 9.19. The van der Waals surface area contributed by atoms with E-state index >= 15 is 0 Å². The Labute approximate surface area is 148 Å². The molecule has 0 bridgehead atoms. The summed E-state index contributed by atoms with van der Waals surface area (Å²) in [5.41, 5.74) is 2.14. The number of nitrogens with one attached hydrogen (secondary N) is 1. The van der Waals surface area contributed by atoms with Gasteiger partial charge in [0.15, 0.2) is 0 Å². The molecule has 7 heteroatoms. The maximum atomic E-state index is 5.51. The highest BCUT2D eigenvalue weighted by atomic mass is 16.5. The van der Waals surface area contributed by atoms with Crippen LogP contribution in [0.1, 0.15) is 30.1 Å². The van der Waals surface area contributed by atoms with Crippen LogP contribution >= 0.6 is 0 Å². The molecular weight excluding hydrogens is 316 g/mol. The molecule has 0 unspecified atom stereocenters. The van der Waals surface area contributed by atoms with Gasteiger partial charge >= 0.3 is 0 Å². The second kappa shape index (κ2) is 7.49. The van der Waals surface area contributed by atoms with Crippen molar-refractivity contribution in [1.29, 1.82) is 0 Å². The number of imidazole rings is 1. The topological polar surface area (TPSA) is 68.1 Å². The highest BCUT2D eigenvalue weighted by molar-refractivity contribution is 5.33. The molecule has 0 spiro atoms. The van der Waals surface area contributed by atoms with Crippen molar-refractivity contribution in [1.82, 2.24) is 24.6 Å². The molecule has 7 nitrogen and oxygen atoms in total. The number of nitrogens with zero attached hydrogens (tertiary/aromatic N) is 5. The molecule has 0 saturated carbocycles. The van der Waals surface area contributed by atoms with Crippen LogP contribution in [0, 0.1) is 6.92 Å². The lowest BCUT2D eigenvalue weighted by molar-refractivity contribution is 0.0347. The number of anilines is 1. The fourth-order valence-corrected chi connectivity index (χ4v) is 3.74. The molecule has 134 valence electrons. The number of aromatic nitrogens is 4. The molecule has 2 aromatic heterocycles. The van der Waals surface area contributed by atoms with E-state index in [9.17, 15) is 0 Å². The van der Waals surface area contributed by atoms with E-state index in [-0.39, 0.29) is 0 Å². The van der Waals surface area contributed by atoms with E-state index in [1.165, 1.54) is 11.5 Å². The fourth-order valence-electron chi connectivity index (χ4n) is 3.74. The van der Waals surface area contributed by atoms with Gasteiger partial charge in [0.2, 0.25) is 0 Å². The SMILES string of the molecule is Cc1ccc(NCc2cnc3n2CCN(C2CCOCC2)CC3)nn1. The summed E-state index contributed by atoms with van der Waals surface area (Å²) >= 11 is 0. The van der Waals surface area contributed by atoms with Gasteiger partial charge in [0.25, 0.3) is 0 Å². The van der Waals surface area contributed by atoms with Crippen molar-refractivity contribution >= 4 is 5.82 Å². The summed E-state index contributed by atoms with van der Waals surface area (Å²) in [5, 5.41) is 11.6. The Bertz CT molecular complexity index is 692. The molecule has 0 aromatic carbocycles. The predicted molar refractivity (Wildman–Crippen MR) is 95.4 cm³/mol. The average molecular weight is 342 g/mol. The third kappa shape index (κ3) is 3.82. The van der Waals surface area contributed by atoms with Crippen LogP contribution in [-0.2, 0) is 24.2 Å². The Hall–Kier alpha value is -1.99. The van der Waals surface area contributed by atoms with Gasteiger partial charge in [-0.2, -0.15) is 5.10 Å². The lowest BCUT2D eigenvalue weighted by atomic mass is 10.1. The van der Waals surface area contributed by atoms with Crippen molar-refractivity contribution in [3.05, 3.63) is 35.5 Å². The molecule has 4 rings (SSSR count). The quantitative estimate of drug-likeness (QED) is 0.911. The summed E-state index contributed by atoms with van der Waals surface area (Å²) in [6.07, 6.45) is 5.32. The predicted octanol–water partition coefficient (Wildman–Crippen LogP) is 1.63. The minimum absolute atomic E-state index is 0.669. The molecule has 2 aromatic rings. The first-order chi connectivity index (χ1) is 12.3. The van der Waals surface area contributed by atoms with E-state index in [1.807, 2.05) is 25.3 Å². The van der Waals surface area contributed by atoms with Gasteiger partial charge in [-0.15, -0.1) is 5.10 Å². The Morgan fingerprint density at radius 1 is 1.16 bits per heavy atom. The summed E-state index contributed by atoms with van der Waals surface area (Å²) in [7, 11) is 0. The van der Waals surface area contributed by atoms with Gasteiger partial charge in [0, 0.05) is 45.3 Å². The molecule has 2 aliphatic rings. The number of hydrogen-bond donors (Lipinski definition) is 1. The van der Waals surface area contributed by atoms with E-state index in [1.54, 1.807) is 0 Å². The molecule has 0 aliphatic carbocycles. The van der Waals surface area contributed by atoms with Crippen LogP contribution in [0.4, 0.5) is 5.82 Å². The Morgan fingerprint density at radius 3 is 2.84 bits per heavy atom. The van der Waals surface area contributed by atoms with Crippen molar-refractivity contribution in [2.75, 3.05) is 31.6 Å². The summed E-state index contributed by atoms with van der Waals surface area (Å²) in [6.45, 7) is 7.66. The van der Waals surface area contributed by atoms with Crippen molar-refractivity contribution in [2.45, 2.75) is 45.3 Å². The summed E-state index contributed by atoms with van der Waals surface area (Å²) in [5.74, 6) is 2.00. The first-order valence-electron chi connectivity index (χ1n) is 9.19. The second-order valence-electron chi connectivity index (χ2n) is 6.86. The fraction of sp³-hybridized carbons (Fsp3) is 0.611. The van der Waals surface area contributed by atoms with Crippen molar-refractivity contribution in [3.63, 3.8) is 0 Å². The zero-order chi connectivity index (χ0) is 17.1. The zero-order valence-electron chi connectivity index (χ0n) is 14.8. The molecule has 0 radical (unpaired) electrons. The molecule has 1 N–H and O–H groups in total. The van der Waals surface area contributed by atoms with Crippen LogP contribution in [0.2, 0.25) is 0 Å². The number of rotatable bonds is 4. The third-order valence-electron chi connectivity index (χ3n) is 5.21. The van der Waals surface area contributed by atoms with Gasteiger partial charge in [-0.3, -0.25) is 4.90 Å². The van der Waals surface area contributed by atoms with Crippen molar-refractivity contribution in [3.8, 4) is 0 Å². The van der Waals surface area contributed by atoms with E-state index in [2.05, 4.69) is 30.0 Å². The number of fused-ring (bicyclic) bond motifs is 1. The summed E-state index contributed by atoms with van der Waals surface area (Å²) < 4.78 is 7.87. The third-order valence-corrected chi connectivity index (χ3v) is 5.21. The normalized spacial score (nSPS) is 19.4. The van der Waals surface area contributed by atoms with Crippen LogP contribution in [0.15, 0.2) is 18.3 Å². The van der Waals surface area contributed by atoms with Gasteiger partial charge in [0.1, 0.15) is 11.6 Å². The zero-order valence-corrected chi connectivity index (χ0v) is 14.8. The maximum Gasteiger partial charge on any atom is 0.148 e. The number of aryl methyl sites for hydroxylation is 1. The Morgan fingerprint density at radius 2 is 2.04 bits per heavy atom. The number of hydrogen-bond acceptors (Lipinski definition) is 6. The largest absolute Gasteiger partial charge is 0.381 e. The van der Waals surface area contributed by atoms with E-state index in [0.717, 1.165) is 70.2 Å². The molecule has 25 heavy (non-hydrogen) atoms. The van der Waals surface area contributed by atoms with Crippen molar-refractivity contribution in [2.24, 2.45) is 0 Å². The Kier molecular flexibility index (Phi) is 4.94. The summed E-state index contributed by atoms with van der Waals surface area (Å²) in [6, 6.07) is 4.61. The van der Waals surface area contributed by atoms with Crippen LogP contribution in [-0.4, -0.2) is 57.0 Å². The molecule has 0 amide bonds. The first kappa shape index (κ1) is 16.5. The smallest absolute Gasteiger partial charge is 0.148 e. The lowest BCUT2D eigenvalue weighted by Crippen LogP contribution is -2.41. The van der Waals surface area contributed by atoms with E-state index in [4.69, 9.17) is 4.74 Å². The standard InChI is InChI=1S/C18H26N6O/c1-14-2-3-17(22-21-14)19-12-16-13-20-18-4-7-23(8-9-24(16)18)15-5-10-25-11-6-15/h2-3,13,15H,4-12H2,1H3,(H,19,22). The van der Waals surface area contributed by atoms with Crippen LogP contribution in [0.25, 0.3) is 0 Å². The van der Waals surface area contributed by atoms with Gasteiger partial charge in [-0.25, -0.2) is 4.98 Å². The van der Waals surface area contributed by atoms with Crippen molar-refractivity contribution < 1.29 is 4.74 Å². The van der Waals surface area contributed by atoms with Crippen LogP contribution < -0.4 is 5.32 Å². The molecule has 2 aliphatic heterocycles. The minimum Gasteiger partial charge on any atom is -0.381 e. The molecule has 0 atom stereocenters. The van der Waals surface area contributed by atoms with E-state index in [0.29, 0.717) is 6.04 Å². The van der Waals surface area contributed by atoms with Gasteiger partial charge in [0.05, 0.1) is 24.1 Å². The minimum atomic E-state index is 0.669. The van der Waals surface area contributed by atoms with Crippen LogP contribution in [0.3, 0.4) is 0 Å². The van der Waals surface area contributed by atoms with Gasteiger partial charge < -0.3 is 14.6 Å². The molecule has 1 saturated heterocycles. The lowest BCUT2D eigenvalue weighted by Gasteiger charge is -2.33. The highest BCUT2D eigenvalue weighted by Crippen LogP contribution is 2.19. The molecule has 4 heterocycles. The molecule has 1 fully saturated rings. The summed E-state index contributed by atoms with van der Waals surface area (Å²) in [4.78, 5) is 7.28. The maximum absolute atomic E-state index is 5.51. The van der Waals surface area contributed by atoms with Gasteiger partial charge in [-0.1, -0.05) is 0 Å².